The topological polar surface area (TPSA) is 66.5 Å². The largest absolute Gasteiger partial charge is 0.348 e. The standard InChI is InChI=1S/C19H21FN2O3S2/c1-27(24,25)22-12-4-5-14(13-22)21-19(23)11-9-15-8-10-18(26-15)16-6-2-3-7-17(16)20/h2-3,6-11,14H,4-5,12-13H2,1H3,(H,21,23)/b11-9+. The zero-order chi connectivity index (χ0) is 19.4. The Bertz CT molecular complexity index is 953. The number of hydrogen-bond donors (Lipinski definition) is 1. The van der Waals surface area contributed by atoms with E-state index in [0.717, 1.165) is 22.6 Å². The first-order valence-corrected chi connectivity index (χ1v) is 11.3. The summed E-state index contributed by atoms with van der Waals surface area (Å²) in [7, 11) is -3.24. The summed E-state index contributed by atoms with van der Waals surface area (Å²) < 4.78 is 38.5. The second-order valence-electron chi connectivity index (χ2n) is 6.48. The van der Waals surface area contributed by atoms with Gasteiger partial charge in [-0.25, -0.2) is 17.1 Å². The van der Waals surface area contributed by atoms with E-state index in [1.165, 1.54) is 34.0 Å². The number of benzene rings is 1. The summed E-state index contributed by atoms with van der Waals surface area (Å²) in [5.74, 6) is -0.545. The average molecular weight is 409 g/mol. The molecule has 1 aliphatic rings. The summed E-state index contributed by atoms with van der Waals surface area (Å²) in [4.78, 5) is 13.8. The fourth-order valence-corrected chi connectivity index (χ4v) is 4.87. The van der Waals surface area contributed by atoms with E-state index < -0.39 is 10.0 Å². The number of amides is 1. The van der Waals surface area contributed by atoms with E-state index in [4.69, 9.17) is 0 Å². The molecule has 1 aliphatic heterocycles. The number of halogens is 1. The predicted octanol–water partition coefficient (Wildman–Crippen LogP) is 3.11. The lowest BCUT2D eigenvalue weighted by atomic mass is 10.1. The lowest BCUT2D eigenvalue weighted by molar-refractivity contribution is -0.117. The molecule has 1 unspecified atom stereocenters. The number of rotatable bonds is 5. The second kappa shape index (κ2) is 8.33. The van der Waals surface area contributed by atoms with Crippen LogP contribution in [0.2, 0.25) is 0 Å². The Morgan fingerprint density at radius 2 is 2.07 bits per heavy atom. The number of hydrogen-bond acceptors (Lipinski definition) is 4. The van der Waals surface area contributed by atoms with Crippen LogP contribution in [0.5, 0.6) is 0 Å². The molecule has 1 amide bonds. The average Bonchev–Trinajstić information content (AvgIpc) is 3.09. The third-order valence-electron chi connectivity index (χ3n) is 4.36. The van der Waals surface area contributed by atoms with Crippen LogP contribution in [0.3, 0.4) is 0 Å². The van der Waals surface area contributed by atoms with E-state index >= 15 is 0 Å². The third kappa shape index (κ3) is 5.24. The quantitative estimate of drug-likeness (QED) is 0.773. The van der Waals surface area contributed by atoms with Gasteiger partial charge in [-0.3, -0.25) is 4.79 Å². The Morgan fingerprint density at radius 1 is 1.30 bits per heavy atom. The van der Waals surface area contributed by atoms with Crippen molar-refractivity contribution >= 4 is 33.3 Å². The van der Waals surface area contributed by atoms with Gasteiger partial charge in [0.25, 0.3) is 0 Å². The molecule has 0 spiro atoms. The van der Waals surface area contributed by atoms with Crippen LogP contribution in [0.4, 0.5) is 4.39 Å². The van der Waals surface area contributed by atoms with Crippen LogP contribution in [0.1, 0.15) is 17.7 Å². The number of sulfonamides is 1. The van der Waals surface area contributed by atoms with Crippen molar-refractivity contribution in [3.63, 3.8) is 0 Å². The zero-order valence-corrected chi connectivity index (χ0v) is 16.5. The summed E-state index contributed by atoms with van der Waals surface area (Å²) >= 11 is 1.40. The molecule has 0 aliphatic carbocycles. The molecule has 5 nitrogen and oxygen atoms in total. The minimum Gasteiger partial charge on any atom is -0.348 e. The highest BCUT2D eigenvalue weighted by atomic mass is 32.2. The highest BCUT2D eigenvalue weighted by Gasteiger charge is 2.26. The Hall–Kier alpha value is -2.03. The van der Waals surface area contributed by atoms with Crippen LogP contribution in [-0.4, -0.2) is 44.0 Å². The molecule has 27 heavy (non-hydrogen) atoms. The molecule has 0 saturated carbocycles. The highest BCUT2D eigenvalue weighted by molar-refractivity contribution is 7.88. The number of thiophene rings is 1. The molecule has 144 valence electrons. The van der Waals surface area contributed by atoms with Crippen LogP contribution in [0.25, 0.3) is 16.5 Å². The normalized spacial score (nSPS) is 18.7. The Labute approximate surface area is 162 Å². The van der Waals surface area contributed by atoms with Gasteiger partial charge >= 0.3 is 0 Å². The van der Waals surface area contributed by atoms with Crippen molar-refractivity contribution < 1.29 is 17.6 Å². The molecule has 0 bridgehead atoms. The van der Waals surface area contributed by atoms with Crippen LogP contribution in [-0.2, 0) is 14.8 Å². The molecule has 1 aromatic heterocycles. The molecule has 2 heterocycles. The number of piperidine rings is 1. The first kappa shape index (κ1) is 19.7. The molecule has 1 atom stereocenters. The van der Waals surface area contributed by atoms with Crippen molar-refractivity contribution in [2.75, 3.05) is 19.3 Å². The van der Waals surface area contributed by atoms with Gasteiger partial charge in [-0.05, 0) is 37.1 Å². The molecular formula is C19H21FN2O3S2. The van der Waals surface area contributed by atoms with E-state index in [2.05, 4.69) is 5.32 Å². The maximum absolute atomic E-state index is 13.9. The maximum atomic E-state index is 13.9. The molecule has 1 N–H and O–H groups in total. The van der Waals surface area contributed by atoms with Gasteiger partial charge in [0.15, 0.2) is 0 Å². The van der Waals surface area contributed by atoms with Crippen molar-refractivity contribution in [3.05, 3.63) is 53.2 Å². The zero-order valence-electron chi connectivity index (χ0n) is 14.9. The summed E-state index contributed by atoms with van der Waals surface area (Å²) in [6.07, 6.45) is 5.76. The van der Waals surface area contributed by atoms with E-state index in [1.807, 2.05) is 12.1 Å². The molecule has 1 fully saturated rings. The van der Waals surface area contributed by atoms with Gasteiger partial charge in [-0.2, -0.15) is 0 Å². The fourth-order valence-electron chi connectivity index (χ4n) is 3.02. The molecule has 2 aromatic rings. The highest BCUT2D eigenvalue weighted by Crippen LogP contribution is 2.30. The van der Waals surface area contributed by atoms with Crippen LogP contribution >= 0.6 is 11.3 Å². The summed E-state index contributed by atoms with van der Waals surface area (Å²) in [6.45, 7) is 0.796. The SMILES string of the molecule is CS(=O)(=O)N1CCCC(NC(=O)/C=C/c2ccc(-c3ccccc3F)s2)C1. The summed E-state index contributed by atoms with van der Waals surface area (Å²) in [5, 5.41) is 2.85. The van der Waals surface area contributed by atoms with Gasteiger partial charge in [-0.15, -0.1) is 11.3 Å². The smallest absolute Gasteiger partial charge is 0.244 e. The number of nitrogens with one attached hydrogen (secondary N) is 1. The molecular weight excluding hydrogens is 387 g/mol. The van der Waals surface area contributed by atoms with Gasteiger partial charge in [0.1, 0.15) is 5.82 Å². The second-order valence-corrected chi connectivity index (χ2v) is 9.58. The van der Waals surface area contributed by atoms with E-state index in [-0.39, 0.29) is 17.8 Å². The van der Waals surface area contributed by atoms with Crippen molar-refractivity contribution in [1.82, 2.24) is 9.62 Å². The third-order valence-corrected chi connectivity index (χ3v) is 6.72. The van der Waals surface area contributed by atoms with Crippen molar-refractivity contribution in [1.29, 1.82) is 0 Å². The van der Waals surface area contributed by atoms with Crippen LogP contribution in [0, 0.1) is 5.82 Å². The number of nitrogens with zero attached hydrogens (tertiary/aromatic N) is 1. The summed E-state index contributed by atoms with van der Waals surface area (Å²) in [5.41, 5.74) is 0.537. The first-order valence-electron chi connectivity index (χ1n) is 8.61. The lowest BCUT2D eigenvalue weighted by Gasteiger charge is -2.31. The summed E-state index contributed by atoms with van der Waals surface area (Å²) in [6, 6.07) is 10.0. The molecule has 1 saturated heterocycles. The molecule has 3 rings (SSSR count). The van der Waals surface area contributed by atoms with Crippen molar-refractivity contribution in [2.24, 2.45) is 0 Å². The molecule has 1 aromatic carbocycles. The van der Waals surface area contributed by atoms with Gasteiger partial charge in [0.05, 0.1) is 6.26 Å². The number of carbonyl (C=O) groups excluding carboxylic acids is 1. The Kier molecular flexibility index (Phi) is 6.08. The van der Waals surface area contributed by atoms with E-state index in [1.54, 1.807) is 24.3 Å². The lowest BCUT2D eigenvalue weighted by Crippen LogP contribution is -2.48. The van der Waals surface area contributed by atoms with Crippen LogP contribution in [0.15, 0.2) is 42.5 Å². The maximum Gasteiger partial charge on any atom is 0.244 e. The Balaban J connectivity index is 1.60. The molecule has 8 heteroatoms. The number of carbonyl (C=O) groups is 1. The Morgan fingerprint density at radius 3 is 2.81 bits per heavy atom. The minimum atomic E-state index is -3.24. The van der Waals surface area contributed by atoms with E-state index in [9.17, 15) is 17.6 Å². The van der Waals surface area contributed by atoms with Gasteiger partial charge < -0.3 is 5.32 Å². The molecule has 0 radical (unpaired) electrons. The minimum absolute atomic E-state index is 0.192. The van der Waals surface area contributed by atoms with Gasteiger partial charge in [0, 0.05) is 40.5 Å². The predicted molar refractivity (Wildman–Crippen MR) is 106 cm³/mol. The van der Waals surface area contributed by atoms with Gasteiger partial charge in [-0.1, -0.05) is 18.2 Å². The first-order chi connectivity index (χ1) is 12.8. The monoisotopic (exact) mass is 408 g/mol. The van der Waals surface area contributed by atoms with Gasteiger partial charge in [0.2, 0.25) is 15.9 Å². The fraction of sp³-hybridized carbons (Fsp3) is 0.316. The van der Waals surface area contributed by atoms with E-state index in [0.29, 0.717) is 18.7 Å². The van der Waals surface area contributed by atoms with Crippen molar-refractivity contribution in [3.8, 4) is 10.4 Å². The van der Waals surface area contributed by atoms with Crippen LogP contribution < -0.4 is 5.32 Å². The van der Waals surface area contributed by atoms with Crippen molar-refractivity contribution in [2.45, 2.75) is 18.9 Å².